The Morgan fingerprint density at radius 2 is 1.39 bits per heavy atom. The molecule has 0 aliphatic carbocycles. The van der Waals surface area contributed by atoms with E-state index in [0.29, 0.717) is 6.07 Å². The van der Waals surface area contributed by atoms with Crippen LogP contribution in [0.1, 0.15) is 23.1 Å². The number of halogens is 9. The van der Waals surface area contributed by atoms with E-state index in [1.54, 1.807) is 0 Å². The smallest absolute Gasteiger partial charge is 0.205 e. The number of rotatable bonds is 1. The minimum absolute atomic E-state index is 0.120. The third-order valence-corrected chi connectivity index (χ3v) is 2.42. The minimum Gasteiger partial charge on any atom is -0.205 e. The minimum atomic E-state index is -5.52. The number of alkyl halides is 8. The third-order valence-electron chi connectivity index (χ3n) is 1.96. The number of benzene rings is 1. The van der Waals surface area contributed by atoms with E-state index < -0.39 is 39.9 Å². The lowest BCUT2D eigenvalue weighted by Gasteiger charge is -2.19. The van der Waals surface area contributed by atoms with Gasteiger partial charge < -0.3 is 0 Å². The summed E-state index contributed by atoms with van der Waals surface area (Å²) in [5, 5.41) is 0. The molecule has 0 saturated heterocycles. The molecule has 0 saturated carbocycles. The summed E-state index contributed by atoms with van der Waals surface area (Å²) in [5.41, 5.74) is -6.20. The quantitative estimate of drug-likeness (QED) is 0.597. The predicted molar refractivity (Wildman–Crippen MR) is 49.1 cm³/mol. The molecule has 18 heavy (non-hydrogen) atoms. The van der Waals surface area contributed by atoms with Crippen molar-refractivity contribution in [3.63, 3.8) is 0 Å². The van der Waals surface area contributed by atoms with E-state index in [1.807, 2.05) is 0 Å². The fraction of sp³-hybridized carbons (Fsp3) is 0.333. The van der Waals surface area contributed by atoms with Crippen LogP contribution >= 0.6 is 15.9 Å². The maximum atomic E-state index is 12.5. The van der Waals surface area contributed by atoms with E-state index >= 15 is 0 Å². The fourth-order valence-corrected chi connectivity index (χ4v) is 1.82. The van der Waals surface area contributed by atoms with Gasteiger partial charge >= 0.3 is 12.4 Å². The molecule has 0 unspecified atom stereocenters. The summed E-state index contributed by atoms with van der Waals surface area (Å²) in [6, 6.07) is 0.442. The van der Waals surface area contributed by atoms with Gasteiger partial charge in [-0.3, -0.25) is 0 Å². The standard InChI is InChI=1S/C9H3BrF8/c10-3-1-4(7(11)12)6(9(16,17)18)5(2-3)8(13,14)15/h1-2,7H. The first kappa shape index (κ1) is 15.2. The van der Waals surface area contributed by atoms with Crippen molar-refractivity contribution in [1.29, 1.82) is 0 Å². The van der Waals surface area contributed by atoms with Gasteiger partial charge in [0.25, 0.3) is 6.43 Å². The molecule has 0 atom stereocenters. The summed E-state index contributed by atoms with van der Waals surface area (Å²) in [4.78, 5) is 0. The van der Waals surface area contributed by atoms with E-state index in [4.69, 9.17) is 0 Å². The van der Waals surface area contributed by atoms with E-state index in [-0.39, 0.29) is 6.07 Å². The van der Waals surface area contributed by atoms with Gasteiger partial charge in [0.2, 0.25) is 0 Å². The summed E-state index contributed by atoms with van der Waals surface area (Å²) in [5.74, 6) is 0. The Bertz CT molecular complexity index is 445. The largest absolute Gasteiger partial charge is 0.417 e. The molecule has 1 rings (SSSR count). The van der Waals surface area contributed by atoms with Crippen molar-refractivity contribution >= 4 is 15.9 Å². The van der Waals surface area contributed by atoms with Gasteiger partial charge in [0, 0.05) is 10.0 Å². The lowest BCUT2D eigenvalue weighted by molar-refractivity contribution is -0.163. The zero-order valence-electron chi connectivity index (χ0n) is 8.13. The highest BCUT2D eigenvalue weighted by Gasteiger charge is 2.46. The second-order valence-corrected chi connectivity index (χ2v) is 4.13. The van der Waals surface area contributed by atoms with Crippen LogP contribution in [0.2, 0.25) is 0 Å². The summed E-state index contributed by atoms with van der Waals surface area (Å²) in [6.07, 6.45) is -14.6. The van der Waals surface area contributed by atoms with Crippen molar-refractivity contribution in [3.05, 3.63) is 33.3 Å². The molecule has 0 aliphatic heterocycles. The molecule has 0 radical (unpaired) electrons. The van der Waals surface area contributed by atoms with Crippen molar-refractivity contribution in [3.8, 4) is 0 Å². The van der Waals surface area contributed by atoms with Crippen LogP contribution in [-0.2, 0) is 12.4 Å². The summed E-state index contributed by atoms with van der Waals surface area (Å²) >= 11 is 2.47. The lowest BCUT2D eigenvalue weighted by Crippen LogP contribution is -2.19. The van der Waals surface area contributed by atoms with E-state index in [0.717, 1.165) is 0 Å². The Hall–Kier alpha value is -0.860. The maximum Gasteiger partial charge on any atom is 0.417 e. The van der Waals surface area contributed by atoms with E-state index in [2.05, 4.69) is 15.9 Å². The molecule has 0 spiro atoms. The monoisotopic (exact) mass is 342 g/mol. The second kappa shape index (κ2) is 4.67. The van der Waals surface area contributed by atoms with Gasteiger partial charge in [-0.2, -0.15) is 26.3 Å². The van der Waals surface area contributed by atoms with Crippen LogP contribution in [0.25, 0.3) is 0 Å². The molecule has 1 aromatic carbocycles. The molecule has 0 N–H and O–H groups in total. The zero-order valence-corrected chi connectivity index (χ0v) is 9.72. The Balaban J connectivity index is 3.70. The van der Waals surface area contributed by atoms with Gasteiger partial charge in [-0.25, -0.2) is 8.78 Å². The number of hydrogen-bond donors (Lipinski definition) is 0. The van der Waals surface area contributed by atoms with Crippen molar-refractivity contribution in [2.24, 2.45) is 0 Å². The Morgan fingerprint density at radius 3 is 1.72 bits per heavy atom. The zero-order chi connectivity index (χ0) is 14.3. The summed E-state index contributed by atoms with van der Waals surface area (Å²) in [6.45, 7) is 0. The Labute approximate surface area is 104 Å². The van der Waals surface area contributed by atoms with E-state index in [9.17, 15) is 35.1 Å². The van der Waals surface area contributed by atoms with Crippen molar-refractivity contribution in [1.82, 2.24) is 0 Å². The van der Waals surface area contributed by atoms with Gasteiger partial charge in [-0.05, 0) is 12.1 Å². The Morgan fingerprint density at radius 1 is 0.889 bits per heavy atom. The molecule has 9 heteroatoms. The van der Waals surface area contributed by atoms with Crippen LogP contribution in [0.5, 0.6) is 0 Å². The van der Waals surface area contributed by atoms with Crippen molar-refractivity contribution < 1.29 is 35.1 Å². The predicted octanol–water partition coefficient (Wildman–Crippen LogP) is 5.42. The van der Waals surface area contributed by atoms with Gasteiger partial charge in [-0.15, -0.1) is 0 Å². The highest BCUT2D eigenvalue weighted by atomic mass is 79.9. The third kappa shape index (κ3) is 3.12. The molecule has 0 fully saturated rings. The molecule has 1 aromatic rings. The van der Waals surface area contributed by atoms with E-state index in [1.165, 1.54) is 0 Å². The topological polar surface area (TPSA) is 0 Å². The summed E-state index contributed by atoms with van der Waals surface area (Å²) in [7, 11) is 0. The molecular formula is C9H3BrF8. The van der Waals surface area contributed by atoms with Crippen LogP contribution in [0.15, 0.2) is 16.6 Å². The molecule has 102 valence electrons. The Kier molecular flexibility index (Phi) is 3.94. The van der Waals surface area contributed by atoms with Crippen LogP contribution in [0.3, 0.4) is 0 Å². The molecular weight excluding hydrogens is 340 g/mol. The first-order chi connectivity index (χ1) is 7.94. The van der Waals surface area contributed by atoms with Gasteiger partial charge in [-0.1, -0.05) is 15.9 Å². The van der Waals surface area contributed by atoms with Crippen LogP contribution in [0, 0.1) is 0 Å². The van der Waals surface area contributed by atoms with Crippen LogP contribution in [-0.4, -0.2) is 0 Å². The summed E-state index contributed by atoms with van der Waals surface area (Å²) < 4.78 is 99.1. The normalized spacial score (nSPS) is 13.2. The van der Waals surface area contributed by atoms with Gasteiger partial charge in [0.05, 0.1) is 11.1 Å². The maximum absolute atomic E-state index is 12.5. The molecule has 0 bridgehead atoms. The highest BCUT2D eigenvalue weighted by molar-refractivity contribution is 9.10. The molecule has 0 aromatic heterocycles. The van der Waals surface area contributed by atoms with Crippen LogP contribution in [0.4, 0.5) is 35.1 Å². The lowest BCUT2D eigenvalue weighted by atomic mass is 10.00. The first-order valence-electron chi connectivity index (χ1n) is 4.20. The fourth-order valence-electron chi connectivity index (χ4n) is 1.34. The van der Waals surface area contributed by atoms with Crippen molar-refractivity contribution in [2.75, 3.05) is 0 Å². The van der Waals surface area contributed by atoms with Gasteiger partial charge in [0.15, 0.2) is 0 Å². The number of hydrogen-bond acceptors (Lipinski definition) is 0. The molecule has 0 heterocycles. The highest BCUT2D eigenvalue weighted by Crippen LogP contribution is 2.45. The first-order valence-corrected chi connectivity index (χ1v) is 5.00. The molecule has 0 nitrogen and oxygen atoms in total. The average Bonchev–Trinajstić information content (AvgIpc) is 2.12. The average molecular weight is 343 g/mol. The second-order valence-electron chi connectivity index (χ2n) is 3.21. The van der Waals surface area contributed by atoms with Gasteiger partial charge in [0.1, 0.15) is 0 Å². The van der Waals surface area contributed by atoms with Crippen molar-refractivity contribution in [2.45, 2.75) is 18.8 Å². The molecule has 0 aliphatic rings. The molecule has 0 amide bonds. The van der Waals surface area contributed by atoms with Crippen LogP contribution < -0.4 is 0 Å². The SMILES string of the molecule is FC(F)c1cc(Br)cc(C(F)(F)F)c1C(F)(F)F.